The van der Waals surface area contributed by atoms with Crippen molar-refractivity contribution in [3.8, 4) is 11.5 Å². The van der Waals surface area contributed by atoms with E-state index in [-0.39, 0.29) is 21.4 Å². The van der Waals surface area contributed by atoms with Crippen LogP contribution in [-0.2, 0) is 0 Å². The van der Waals surface area contributed by atoms with Crippen molar-refractivity contribution in [1.29, 1.82) is 0 Å². The van der Waals surface area contributed by atoms with E-state index in [4.69, 9.17) is 32.7 Å². The molecule has 116 valence electrons. The van der Waals surface area contributed by atoms with E-state index >= 15 is 0 Å². The van der Waals surface area contributed by atoms with Crippen LogP contribution in [0.4, 0.5) is 8.78 Å². The lowest BCUT2D eigenvalue weighted by Crippen LogP contribution is -2.26. The van der Waals surface area contributed by atoms with E-state index in [1.807, 2.05) is 0 Å². The first-order chi connectivity index (χ1) is 10.3. The topological polar surface area (TPSA) is 18.5 Å². The van der Waals surface area contributed by atoms with E-state index in [0.29, 0.717) is 5.75 Å². The van der Waals surface area contributed by atoms with Crippen LogP contribution in [0.2, 0.25) is 10.0 Å². The highest BCUT2D eigenvalue weighted by Gasteiger charge is 2.37. The van der Waals surface area contributed by atoms with Crippen molar-refractivity contribution < 1.29 is 18.3 Å². The number of ether oxygens (including phenoxy) is 2. The summed E-state index contributed by atoms with van der Waals surface area (Å²) < 4.78 is 38.2. The van der Waals surface area contributed by atoms with Gasteiger partial charge in [-0.3, -0.25) is 0 Å². The molecule has 2 nitrogen and oxygen atoms in total. The second-order valence-corrected chi connectivity index (χ2v) is 5.31. The van der Waals surface area contributed by atoms with Crippen molar-refractivity contribution in [2.75, 3.05) is 7.11 Å². The van der Waals surface area contributed by atoms with Crippen molar-refractivity contribution in [2.24, 2.45) is 0 Å². The molecular weight excluding hydrogens is 333 g/mol. The molecular formula is C16H12Cl2F2O2. The fraction of sp³-hybridized carbons (Fsp3) is 0.125. The van der Waals surface area contributed by atoms with Gasteiger partial charge in [-0.1, -0.05) is 35.8 Å². The Hall–Kier alpha value is -1.78. The summed E-state index contributed by atoms with van der Waals surface area (Å²) in [5, 5.41) is 0.474. The van der Waals surface area contributed by atoms with Gasteiger partial charge >= 0.3 is 6.11 Å². The van der Waals surface area contributed by atoms with Gasteiger partial charge in [0.25, 0.3) is 0 Å². The second-order valence-electron chi connectivity index (χ2n) is 4.43. The van der Waals surface area contributed by atoms with Crippen LogP contribution in [0.5, 0.6) is 11.5 Å². The second kappa shape index (κ2) is 6.55. The molecule has 0 radical (unpaired) electrons. The summed E-state index contributed by atoms with van der Waals surface area (Å²) in [5.41, 5.74) is -0.440. The molecule has 2 aromatic carbocycles. The quantitative estimate of drug-likeness (QED) is 0.693. The van der Waals surface area contributed by atoms with E-state index in [0.717, 1.165) is 0 Å². The van der Waals surface area contributed by atoms with Gasteiger partial charge < -0.3 is 9.47 Å². The number of halogens is 4. The summed E-state index contributed by atoms with van der Waals surface area (Å²) in [5.74, 6) is 0.364. The Morgan fingerprint density at radius 3 is 2.23 bits per heavy atom. The summed E-state index contributed by atoms with van der Waals surface area (Å²) in [6, 6.07) is 10.1. The minimum absolute atomic E-state index is 0.0429. The molecule has 22 heavy (non-hydrogen) atoms. The maximum atomic E-state index is 14.2. The first kappa shape index (κ1) is 16.6. The van der Waals surface area contributed by atoms with Gasteiger partial charge in [-0.15, -0.1) is 0 Å². The number of hydrogen-bond donors (Lipinski definition) is 0. The van der Waals surface area contributed by atoms with Crippen LogP contribution >= 0.6 is 23.2 Å². The van der Waals surface area contributed by atoms with Crippen molar-refractivity contribution in [2.45, 2.75) is 6.11 Å². The number of alkyl halides is 2. The van der Waals surface area contributed by atoms with Gasteiger partial charge in [0.1, 0.15) is 11.5 Å². The molecule has 0 spiro atoms. The van der Waals surface area contributed by atoms with E-state index in [9.17, 15) is 8.78 Å². The van der Waals surface area contributed by atoms with Gasteiger partial charge in [-0.2, -0.15) is 8.78 Å². The zero-order valence-electron chi connectivity index (χ0n) is 11.6. The molecule has 2 rings (SSSR count). The maximum absolute atomic E-state index is 14.2. The van der Waals surface area contributed by atoms with Gasteiger partial charge in [0.2, 0.25) is 0 Å². The van der Waals surface area contributed by atoms with Crippen molar-refractivity contribution >= 4 is 28.8 Å². The predicted molar refractivity (Wildman–Crippen MR) is 84.1 cm³/mol. The minimum Gasteiger partial charge on any atom is -0.497 e. The Morgan fingerprint density at radius 2 is 1.64 bits per heavy atom. The molecule has 0 saturated heterocycles. The third kappa shape index (κ3) is 3.90. The molecule has 2 aromatic rings. The monoisotopic (exact) mass is 344 g/mol. The van der Waals surface area contributed by atoms with Gasteiger partial charge in [-0.05, 0) is 35.9 Å². The highest BCUT2D eigenvalue weighted by atomic mass is 35.5. The Kier molecular flexibility index (Phi) is 4.94. The number of benzene rings is 2. The molecule has 0 unspecified atom stereocenters. The molecule has 6 heteroatoms. The summed E-state index contributed by atoms with van der Waals surface area (Å²) >= 11 is 11.6. The lowest BCUT2D eigenvalue weighted by molar-refractivity contribution is -0.121. The molecule has 0 aliphatic rings. The van der Waals surface area contributed by atoms with Crippen LogP contribution in [0.25, 0.3) is 5.57 Å². The van der Waals surface area contributed by atoms with Crippen LogP contribution in [-0.4, -0.2) is 13.2 Å². The molecule has 0 aromatic heterocycles. The molecule has 0 atom stereocenters. The number of methoxy groups -OCH3 is 1. The van der Waals surface area contributed by atoms with Gasteiger partial charge in [0.05, 0.1) is 12.7 Å². The lowest BCUT2D eigenvalue weighted by atomic mass is 10.1. The summed E-state index contributed by atoms with van der Waals surface area (Å²) in [4.78, 5) is 0. The van der Waals surface area contributed by atoms with Gasteiger partial charge in [0.15, 0.2) is 0 Å². The predicted octanol–water partition coefficient (Wildman–Crippen LogP) is 5.69. The minimum atomic E-state index is -3.62. The van der Waals surface area contributed by atoms with E-state index in [2.05, 4.69) is 6.58 Å². The number of rotatable bonds is 5. The van der Waals surface area contributed by atoms with E-state index in [1.54, 1.807) is 12.1 Å². The fourth-order valence-corrected chi connectivity index (χ4v) is 2.30. The van der Waals surface area contributed by atoms with Gasteiger partial charge in [0, 0.05) is 16.1 Å². The zero-order chi connectivity index (χ0) is 16.3. The Balaban J connectivity index is 2.26. The van der Waals surface area contributed by atoms with Crippen LogP contribution < -0.4 is 9.47 Å². The molecule has 0 bridgehead atoms. The molecule has 0 N–H and O–H groups in total. The Morgan fingerprint density at radius 1 is 1.05 bits per heavy atom. The third-order valence-corrected chi connectivity index (χ3v) is 3.29. The highest BCUT2D eigenvalue weighted by molar-refractivity contribution is 6.34. The van der Waals surface area contributed by atoms with E-state index < -0.39 is 11.7 Å². The van der Waals surface area contributed by atoms with Crippen LogP contribution in [0.3, 0.4) is 0 Å². The molecule has 0 amide bonds. The normalized spacial score (nSPS) is 11.1. The summed E-state index contributed by atoms with van der Waals surface area (Å²) in [7, 11) is 1.43. The molecule has 0 aliphatic carbocycles. The lowest BCUT2D eigenvalue weighted by Gasteiger charge is -2.21. The third-order valence-electron chi connectivity index (χ3n) is 2.85. The summed E-state index contributed by atoms with van der Waals surface area (Å²) in [6.45, 7) is 3.39. The van der Waals surface area contributed by atoms with Crippen LogP contribution in [0.1, 0.15) is 5.56 Å². The zero-order valence-corrected chi connectivity index (χ0v) is 13.1. The average molecular weight is 345 g/mol. The smallest absolute Gasteiger partial charge is 0.426 e. The summed E-state index contributed by atoms with van der Waals surface area (Å²) in [6.07, 6.45) is -3.62. The molecule has 0 aliphatic heterocycles. The largest absolute Gasteiger partial charge is 0.497 e. The SMILES string of the molecule is C=C(c1cc(Cl)cc(Cl)c1)C(F)(F)Oc1cccc(OC)c1. The van der Waals surface area contributed by atoms with Crippen LogP contribution in [0, 0.1) is 0 Å². The first-order valence-corrected chi connectivity index (χ1v) is 6.94. The van der Waals surface area contributed by atoms with Crippen LogP contribution in [0.15, 0.2) is 49.0 Å². The van der Waals surface area contributed by atoms with Crippen molar-refractivity contribution in [1.82, 2.24) is 0 Å². The van der Waals surface area contributed by atoms with Crippen molar-refractivity contribution in [3.05, 3.63) is 64.7 Å². The van der Waals surface area contributed by atoms with Crippen molar-refractivity contribution in [3.63, 3.8) is 0 Å². The number of hydrogen-bond acceptors (Lipinski definition) is 2. The average Bonchev–Trinajstić information content (AvgIpc) is 2.45. The standard InChI is InChI=1S/C16H12Cl2F2O2/c1-10(11-6-12(17)8-13(18)7-11)16(19,20)22-15-5-3-4-14(9-15)21-2/h3-9H,1H2,2H3. The molecule has 0 heterocycles. The maximum Gasteiger partial charge on any atom is 0.426 e. The van der Waals surface area contributed by atoms with E-state index in [1.165, 1.54) is 37.4 Å². The first-order valence-electron chi connectivity index (χ1n) is 6.18. The molecule has 0 saturated carbocycles. The Labute approximate surface area is 136 Å². The molecule has 0 fully saturated rings. The highest BCUT2D eigenvalue weighted by Crippen LogP contribution is 2.36. The van der Waals surface area contributed by atoms with Gasteiger partial charge in [-0.25, -0.2) is 0 Å². The fourth-order valence-electron chi connectivity index (χ4n) is 1.77. The Bertz CT molecular complexity index is 682.